The monoisotopic (exact) mass is 291 g/mol. The Morgan fingerprint density at radius 2 is 2.19 bits per heavy atom. The molecule has 0 amide bonds. The van der Waals surface area contributed by atoms with Gasteiger partial charge in [0, 0.05) is 25.2 Å². The Kier molecular flexibility index (Phi) is 4.36. The zero-order chi connectivity index (χ0) is 14.9. The minimum atomic E-state index is -0.543. The highest BCUT2D eigenvalue weighted by Gasteiger charge is 2.40. The molecule has 4 heteroatoms. The van der Waals surface area contributed by atoms with Gasteiger partial charge in [-0.25, -0.2) is 0 Å². The molecule has 1 aromatic rings. The molecule has 0 aliphatic carbocycles. The Balaban J connectivity index is 1.65. The van der Waals surface area contributed by atoms with Gasteiger partial charge in [0.05, 0.1) is 17.3 Å². The summed E-state index contributed by atoms with van der Waals surface area (Å²) in [5.41, 5.74) is 0.509. The lowest BCUT2D eigenvalue weighted by atomic mass is 9.83. The lowest BCUT2D eigenvalue weighted by Crippen LogP contribution is -2.48. The van der Waals surface area contributed by atoms with E-state index in [1.54, 1.807) is 0 Å². The van der Waals surface area contributed by atoms with Gasteiger partial charge >= 0.3 is 0 Å². The molecule has 0 aromatic carbocycles. The van der Waals surface area contributed by atoms with Crippen LogP contribution in [-0.2, 0) is 6.42 Å². The Morgan fingerprint density at radius 1 is 1.38 bits per heavy atom. The molecule has 3 rings (SSSR count). The fraction of sp³-hybridized carbons (Fsp3) is 0.824. The largest absolute Gasteiger partial charge is 0.389 e. The van der Waals surface area contributed by atoms with Crippen molar-refractivity contribution < 1.29 is 5.11 Å². The first kappa shape index (κ1) is 15.0. The minimum absolute atomic E-state index is 0.491. The van der Waals surface area contributed by atoms with Crippen molar-refractivity contribution in [3.63, 3.8) is 0 Å². The van der Waals surface area contributed by atoms with Crippen molar-refractivity contribution in [2.24, 2.45) is 0 Å². The molecule has 2 unspecified atom stereocenters. The number of rotatable bonds is 5. The molecule has 0 spiro atoms. The first-order valence-electron chi connectivity index (χ1n) is 8.64. The molecule has 3 heterocycles. The number of hydrogen-bond donors (Lipinski definition) is 1. The van der Waals surface area contributed by atoms with Crippen molar-refractivity contribution in [2.45, 2.75) is 76.5 Å². The minimum Gasteiger partial charge on any atom is -0.389 e. The van der Waals surface area contributed by atoms with Crippen LogP contribution in [0.1, 0.15) is 64.1 Å². The highest BCUT2D eigenvalue weighted by Crippen LogP contribution is 2.34. The van der Waals surface area contributed by atoms with Gasteiger partial charge in [-0.2, -0.15) is 5.10 Å². The molecular weight excluding hydrogens is 262 g/mol. The Labute approximate surface area is 128 Å². The number of piperidine rings is 1. The summed E-state index contributed by atoms with van der Waals surface area (Å²) in [5, 5.41) is 15.7. The maximum atomic E-state index is 11.0. The van der Waals surface area contributed by atoms with Gasteiger partial charge in [-0.15, -0.1) is 0 Å². The van der Waals surface area contributed by atoms with Crippen LogP contribution < -0.4 is 0 Å². The molecule has 0 radical (unpaired) electrons. The molecule has 0 bridgehead atoms. The van der Waals surface area contributed by atoms with Crippen LogP contribution in [0.3, 0.4) is 0 Å². The normalized spacial score (nSPS) is 30.0. The SMILES string of the molecule is CCC(CC)n1ccc(CC2(O)CCN3CCCC3C2)n1. The molecule has 118 valence electrons. The molecule has 1 N–H and O–H groups in total. The zero-order valence-corrected chi connectivity index (χ0v) is 13.5. The third kappa shape index (κ3) is 3.16. The summed E-state index contributed by atoms with van der Waals surface area (Å²) in [7, 11) is 0. The molecule has 2 saturated heterocycles. The average molecular weight is 291 g/mol. The van der Waals surface area contributed by atoms with Crippen LogP contribution >= 0.6 is 0 Å². The lowest BCUT2D eigenvalue weighted by Gasteiger charge is -2.40. The summed E-state index contributed by atoms with van der Waals surface area (Å²) in [6.45, 7) is 6.69. The molecule has 1 aromatic heterocycles. The van der Waals surface area contributed by atoms with Crippen LogP contribution in [0, 0.1) is 0 Å². The second kappa shape index (κ2) is 6.09. The van der Waals surface area contributed by atoms with Crippen LogP contribution in [-0.4, -0.2) is 44.5 Å². The maximum absolute atomic E-state index is 11.0. The zero-order valence-electron chi connectivity index (χ0n) is 13.5. The number of hydrogen-bond acceptors (Lipinski definition) is 3. The highest BCUT2D eigenvalue weighted by atomic mass is 16.3. The van der Waals surface area contributed by atoms with Gasteiger partial charge in [0.15, 0.2) is 0 Å². The smallest absolute Gasteiger partial charge is 0.0730 e. The van der Waals surface area contributed by atoms with Gasteiger partial charge < -0.3 is 10.0 Å². The Bertz CT molecular complexity index is 468. The van der Waals surface area contributed by atoms with Crippen LogP contribution in [0.25, 0.3) is 0 Å². The van der Waals surface area contributed by atoms with E-state index in [0.29, 0.717) is 18.5 Å². The molecule has 0 saturated carbocycles. The maximum Gasteiger partial charge on any atom is 0.0730 e. The molecule has 2 fully saturated rings. The van der Waals surface area contributed by atoms with E-state index in [9.17, 15) is 5.11 Å². The van der Waals surface area contributed by atoms with E-state index in [4.69, 9.17) is 5.10 Å². The second-order valence-corrected chi connectivity index (χ2v) is 6.94. The number of fused-ring (bicyclic) bond motifs is 1. The van der Waals surface area contributed by atoms with Crippen molar-refractivity contribution in [2.75, 3.05) is 13.1 Å². The van der Waals surface area contributed by atoms with Crippen molar-refractivity contribution in [1.82, 2.24) is 14.7 Å². The van der Waals surface area contributed by atoms with Crippen molar-refractivity contribution in [1.29, 1.82) is 0 Å². The summed E-state index contributed by atoms with van der Waals surface area (Å²) in [6, 6.07) is 3.19. The van der Waals surface area contributed by atoms with Crippen LogP contribution in [0.4, 0.5) is 0 Å². The summed E-state index contributed by atoms with van der Waals surface area (Å²) in [6.07, 6.45) is 9.38. The van der Waals surface area contributed by atoms with E-state index in [1.807, 2.05) is 0 Å². The first-order valence-corrected chi connectivity index (χ1v) is 8.64. The van der Waals surface area contributed by atoms with Gasteiger partial charge in [-0.1, -0.05) is 13.8 Å². The van der Waals surface area contributed by atoms with E-state index in [2.05, 4.69) is 35.7 Å². The predicted molar refractivity (Wildman–Crippen MR) is 84.3 cm³/mol. The third-order valence-corrected chi connectivity index (χ3v) is 5.47. The summed E-state index contributed by atoms with van der Waals surface area (Å²) >= 11 is 0. The first-order chi connectivity index (χ1) is 10.1. The quantitative estimate of drug-likeness (QED) is 0.907. The van der Waals surface area contributed by atoms with E-state index < -0.39 is 5.60 Å². The highest BCUT2D eigenvalue weighted by molar-refractivity contribution is 5.07. The fourth-order valence-corrected chi connectivity index (χ4v) is 4.15. The van der Waals surface area contributed by atoms with E-state index in [0.717, 1.165) is 37.9 Å². The second-order valence-electron chi connectivity index (χ2n) is 6.94. The summed E-state index contributed by atoms with van der Waals surface area (Å²) in [4.78, 5) is 2.55. The predicted octanol–water partition coefficient (Wildman–Crippen LogP) is 2.78. The van der Waals surface area contributed by atoms with E-state index in [1.165, 1.54) is 19.4 Å². The van der Waals surface area contributed by atoms with Gasteiger partial charge in [0.2, 0.25) is 0 Å². The topological polar surface area (TPSA) is 41.3 Å². The Hall–Kier alpha value is -0.870. The van der Waals surface area contributed by atoms with Crippen molar-refractivity contribution >= 4 is 0 Å². The van der Waals surface area contributed by atoms with Crippen molar-refractivity contribution in [3.8, 4) is 0 Å². The van der Waals surface area contributed by atoms with Gasteiger partial charge in [0.25, 0.3) is 0 Å². The third-order valence-electron chi connectivity index (χ3n) is 5.47. The summed E-state index contributed by atoms with van der Waals surface area (Å²) < 4.78 is 2.09. The molecule has 2 atom stereocenters. The number of nitrogens with zero attached hydrogens (tertiary/aromatic N) is 3. The molecule has 2 aliphatic rings. The van der Waals surface area contributed by atoms with Gasteiger partial charge in [-0.05, 0) is 51.1 Å². The molecule has 21 heavy (non-hydrogen) atoms. The average Bonchev–Trinajstić information content (AvgIpc) is 3.09. The standard InChI is InChI=1S/C17H29N3O/c1-3-15(4-2)20-10-7-14(18-20)12-17(21)8-11-19-9-5-6-16(19)13-17/h7,10,15-16,21H,3-6,8-9,11-13H2,1-2H3. The van der Waals surface area contributed by atoms with E-state index in [-0.39, 0.29) is 0 Å². The fourth-order valence-electron chi connectivity index (χ4n) is 4.15. The van der Waals surface area contributed by atoms with Crippen LogP contribution in [0.2, 0.25) is 0 Å². The number of aromatic nitrogens is 2. The molecule has 4 nitrogen and oxygen atoms in total. The Morgan fingerprint density at radius 3 is 2.95 bits per heavy atom. The van der Waals surface area contributed by atoms with Crippen LogP contribution in [0.5, 0.6) is 0 Å². The van der Waals surface area contributed by atoms with Gasteiger partial charge in [0.1, 0.15) is 0 Å². The van der Waals surface area contributed by atoms with Gasteiger partial charge in [-0.3, -0.25) is 4.68 Å². The van der Waals surface area contributed by atoms with Crippen molar-refractivity contribution in [3.05, 3.63) is 18.0 Å². The number of aliphatic hydroxyl groups is 1. The summed E-state index contributed by atoms with van der Waals surface area (Å²) in [5.74, 6) is 0. The van der Waals surface area contributed by atoms with Crippen LogP contribution in [0.15, 0.2) is 12.3 Å². The molecule has 2 aliphatic heterocycles. The lowest BCUT2D eigenvalue weighted by molar-refractivity contribution is -0.0361. The van der Waals surface area contributed by atoms with E-state index >= 15 is 0 Å². The molecular formula is C17H29N3O.